The Morgan fingerprint density at radius 3 is 2.76 bits per heavy atom. The van der Waals surface area contributed by atoms with Crippen molar-refractivity contribution in [2.24, 2.45) is 0 Å². The predicted molar refractivity (Wildman–Crippen MR) is 81.2 cm³/mol. The van der Waals surface area contributed by atoms with E-state index in [-0.39, 0.29) is 4.84 Å². The first-order valence-electron chi connectivity index (χ1n) is 6.37. The van der Waals surface area contributed by atoms with Gasteiger partial charge in [0.25, 0.3) is 10.7 Å². The van der Waals surface area contributed by atoms with Gasteiger partial charge >= 0.3 is 0 Å². The quantitative estimate of drug-likeness (QED) is 0.747. The fourth-order valence-corrected chi connectivity index (χ4v) is 1.94. The zero-order valence-corrected chi connectivity index (χ0v) is 12.2. The summed E-state index contributed by atoms with van der Waals surface area (Å²) >= 11 is 5.15. The first-order valence-corrected chi connectivity index (χ1v) is 6.78. The zero-order chi connectivity index (χ0) is 14.7. The van der Waals surface area contributed by atoms with Gasteiger partial charge in [-0.3, -0.25) is 4.98 Å². The Balaban J connectivity index is 1.76. The van der Waals surface area contributed by atoms with Crippen molar-refractivity contribution in [2.45, 2.75) is 13.6 Å². The molecule has 0 radical (unpaired) electrons. The summed E-state index contributed by atoms with van der Waals surface area (Å²) in [5, 5.41) is 7.53. The largest absolute Gasteiger partial charge is 0.407 e. The molecule has 0 bridgehead atoms. The van der Waals surface area contributed by atoms with Crippen molar-refractivity contribution in [1.29, 1.82) is 0 Å². The average molecular weight is 299 g/mol. The molecule has 3 rings (SSSR count). The Morgan fingerprint density at radius 2 is 2.05 bits per heavy atom. The van der Waals surface area contributed by atoms with Crippen molar-refractivity contribution in [3.8, 4) is 11.6 Å². The van der Waals surface area contributed by atoms with E-state index in [0.717, 1.165) is 5.69 Å². The second-order valence-electron chi connectivity index (χ2n) is 4.46. The van der Waals surface area contributed by atoms with Gasteiger partial charge in [-0.2, -0.15) is 0 Å². The highest BCUT2D eigenvalue weighted by Crippen LogP contribution is 2.14. The van der Waals surface area contributed by atoms with E-state index >= 15 is 0 Å². The van der Waals surface area contributed by atoms with Crippen LogP contribution in [0.1, 0.15) is 5.56 Å². The number of aryl methyl sites for hydroxylation is 1. The van der Waals surface area contributed by atoms with Crippen LogP contribution >= 0.6 is 12.2 Å². The molecule has 0 fully saturated rings. The first kappa shape index (κ1) is 13.4. The minimum Gasteiger partial charge on any atom is -0.407 e. The first-order chi connectivity index (χ1) is 10.2. The highest BCUT2D eigenvalue weighted by molar-refractivity contribution is 7.71. The van der Waals surface area contributed by atoms with Crippen LogP contribution in [-0.4, -0.2) is 19.7 Å². The fraction of sp³-hybridized carbons (Fsp3) is 0.143. The van der Waals surface area contributed by atoms with Crippen molar-refractivity contribution >= 4 is 17.9 Å². The van der Waals surface area contributed by atoms with Crippen molar-refractivity contribution in [3.05, 3.63) is 53.3 Å². The molecule has 106 valence electrons. The lowest BCUT2D eigenvalue weighted by atomic mass is 10.2. The van der Waals surface area contributed by atoms with Crippen LogP contribution in [-0.2, 0) is 6.67 Å². The molecule has 0 spiro atoms. The zero-order valence-electron chi connectivity index (χ0n) is 11.4. The maximum Gasteiger partial charge on any atom is 0.289 e. The summed E-state index contributed by atoms with van der Waals surface area (Å²) < 4.78 is 7.00. The topological polar surface area (TPSA) is 68.8 Å². The second kappa shape index (κ2) is 5.84. The van der Waals surface area contributed by atoms with E-state index in [1.165, 1.54) is 5.56 Å². The Kier molecular flexibility index (Phi) is 3.74. The van der Waals surface area contributed by atoms with Gasteiger partial charge in [0.2, 0.25) is 0 Å². The molecular formula is C14H13N5OS. The number of anilines is 1. The molecule has 0 amide bonds. The minimum absolute atomic E-state index is 0.287. The number of nitrogens with one attached hydrogen (secondary N) is 1. The second-order valence-corrected chi connectivity index (χ2v) is 4.81. The van der Waals surface area contributed by atoms with Crippen LogP contribution in [0.5, 0.6) is 0 Å². The number of hydrogen-bond donors (Lipinski definition) is 1. The molecule has 0 saturated heterocycles. The van der Waals surface area contributed by atoms with Gasteiger partial charge in [0.15, 0.2) is 0 Å². The lowest BCUT2D eigenvalue weighted by Gasteiger charge is -2.05. The van der Waals surface area contributed by atoms with E-state index in [1.807, 2.05) is 31.2 Å². The molecule has 1 aromatic carbocycles. The molecule has 3 aromatic rings. The Labute approximate surface area is 126 Å². The lowest BCUT2D eigenvalue weighted by Crippen LogP contribution is -2.09. The molecule has 0 unspecified atom stereocenters. The van der Waals surface area contributed by atoms with Crippen molar-refractivity contribution in [3.63, 3.8) is 0 Å². The fourth-order valence-electron chi connectivity index (χ4n) is 1.76. The van der Waals surface area contributed by atoms with Crippen LogP contribution < -0.4 is 5.32 Å². The molecule has 7 heteroatoms. The number of aromatic nitrogens is 4. The molecule has 2 heterocycles. The summed E-state index contributed by atoms with van der Waals surface area (Å²) in [5.74, 6) is 0.360. The van der Waals surface area contributed by atoms with Gasteiger partial charge < -0.3 is 9.73 Å². The molecular weight excluding hydrogens is 286 g/mol. The molecule has 0 atom stereocenters. The molecule has 6 nitrogen and oxygen atoms in total. The summed E-state index contributed by atoms with van der Waals surface area (Å²) in [4.78, 5) is 8.40. The third kappa shape index (κ3) is 3.14. The highest BCUT2D eigenvalue weighted by atomic mass is 32.1. The van der Waals surface area contributed by atoms with E-state index in [2.05, 4.69) is 20.4 Å². The lowest BCUT2D eigenvalue weighted by molar-refractivity contribution is 0.521. The van der Waals surface area contributed by atoms with E-state index in [4.69, 9.17) is 16.6 Å². The average Bonchev–Trinajstić information content (AvgIpc) is 2.89. The molecule has 0 saturated carbocycles. The summed E-state index contributed by atoms with van der Waals surface area (Å²) in [7, 11) is 0. The van der Waals surface area contributed by atoms with Gasteiger partial charge in [-0.1, -0.05) is 17.7 Å². The number of nitrogens with zero attached hydrogens (tertiary/aromatic N) is 4. The van der Waals surface area contributed by atoms with Crippen molar-refractivity contribution in [2.75, 3.05) is 5.32 Å². The highest BCUT2D eigenvalue weighted by Gasteiger charge is 2.09. The summed E-state index contributed by atoms with van der Waals surface area (Å²) in [6.07, 6.45) is 4.75. The normalized spacial score (nSPS) is 10.5. The van der Waals surface area contributed by atoms with Crippen LogP contribution in [0.2, 0.25) is 0 Å². The van der Waals surface area contributed by atoms with Gasteiger partial charge in [0.1, 0.15) is 12.4 Å². The smallest absolute Gasteiger partial charge is 0.289 e. The molecule has 0 aliphatic heterocycles. The van der Waals surface area contributed by atoms with Crippen LogP contribution in [0.3, 0.4) is 0 Å². The van der Waals surface area contributed by atoms with E-state index < -0.39 is 0 Å². The molecule has 21 heavy (non-hydrogen) atoms. The Hall–Kier alpha value is -2.54. The van der Waals surface area contributed by atoms with Crippen molar-refractivity contribution < 1.29 is 4.42 Å². The van der Waals surface area contributed by atoms with Crippen molar-refractivity contribution in [1.82, 2.24) is 19.7 Å². The third-order valence-corrected chi connectivity index (χ3v) is 3.17. The Bertz CT molecular complexity index is 779. The van der Waals surface area contributed by atoms with Crippen LogP contribution in [0, 0.1) is 11.8 Å². The molecule has 0 aliphatic rings. The number of hydrogen-bond acceptors (Lipinski definition) is 6. The van der Waals surface area contributed by atoms with Gasteiger partial charge in [-0.25, -0.2) is 9.67 Å². The molecule has 1 N–H and O–H groups in total. The maximum atomic E-state index is 5.43. The summed E-state index contributed by atoms with van der Waals surface area (Å²) in [6, 6.07) is 8.08. The van der Waals surface area contributed by atoms with E-state index in [9.17, 15) is 0 Å². The third-order valence-electron chi connectivity index (χ3n) is 2.87. The summed E-state index contributed by atoms with van der Waals surface area (Å²) in [6.45, 7) is 2.47. The Morgan fingerprint density at radius 1 is 1.24 bits per heavy atom. The number of benzene rings is 1. The minimum atomic E-state index is 0.287. The van der Waals surface area contributed by atoms with E-state index in [0.29, 0.717) is 18.3 Å². The van der Waals surface area contributed by atoms with Crippen LogP contribution in [0.4, 0.5) is 5.69 Å². The van der Waals surface area contributed by atoms with E-state index in [1.54, 1.807) is 23.3 Å². The predicted octanol–water partition coefficient (Wildman–Crippen LogP) is 3.04. The monoisotopic (exact) mass is 299 g/mol. The number of rotatable bonds is 4. The van der Waals surface area contributed by atoms with Gasteiger partial charge in [-0.05, 0) is 31.3 Å². The summed E-state index contributed by atoms with van der Waals surface area (Å²) in [5.41, 5.74) is 2.76. The molecule has 2 aromatic heterocycles. The molecule has 0 aliphatic carbocycles. The van der Waals surface area contributed by atoms with Gasteiger partial charge in [-0.15, -0.1) is 5.10 Å². The van der Waals surface area contributed by atoms with Gasteiger partial charge in [0.05, 0.1) is 6.20 Å². The SMILES string of the molecule is Cc1ccc(NCn2nc(-c3cnccn3)oc2=S)cc1. The van der Waals surface area contributed by atoms with Gasteiger partial charge in [0, 0.05) is 18.1 Å². The van der Waals surface area contributed by atoms with Crippen LogP contribution in [0.15, 0.2) is 47.3 Å². The van der Waals surface area contributed by atoms with Crippen LogP contribution in [0.25, 0.3) is 11.6 Å². The maximum absolute atomic E-state index is 5.43. The standard InChI is InChI=1S/C14H13N5OS/c1-10-2-4-11(5-3-10)17-9-19-14(21)20-13(18-19)12-8-15-6-7-16-12/h2-8,17H,9H2,1H3.